The van der Waals surface area contributed by atoms with E-state index >= 15 is 0 Å². The average Bonchev–Trinajstić information content (AvgIpc) is 3.60. The number of hydrogen-bond acceptors (Lipinski definition) is 5. The first kappa shape index (κ1) is 21.5. The van der Waals surface area contributed by atoms with Crippen LogP contribution in [0.3, 0.4) is 0 Å². The number of ether oxygens (including phenoxy) is 3. The molecule has 2 atom stereocenters. The van der Waals surface area contributed by atoms with Crippen molar-refractivity contribution in [3.63, 3.8) is 0 Å². The van der Waals surface area contributed by atoms with E-state index in [2.05, 4.69) is 51.0 Å². The molecule has 0 radical (unpaired) electrons. The Hall–Kier alpha value is -4.04. The summed E-state index contributed by atoms with van der Waals surface area (Å²) in [6.45, 7) is 2.33. The Labute approximate surface area is 208 Å². The molecule has 7 nitrogen and oxygen atoms in total. The molecule has 0 saturated carbocycles. The average molecular weight is 485 g/mol. The number of rotatable bonds is 5. The minimum Gasteiger partial charge on any atom is -0.497 e. The predicted octanol–water partition coefficient (Wildman–Crippen LogP) is 5.10. The van der Waals surface area contributed by atoms with Crippen molar-refractivity contribution in [2.45, 2.75) is 19.0 Å². The molecule has 1 saturated heterocycles. The SMILES string of the molecule is COc1ccc(-n2c(C)ccc2[C@@H]2[C@@H](c3ccccn3)NC(=S)N2c2ccc3c(c2)OCO3)cc1. The smallest absolute Gasteiger partial charge is 0.231 e. The molecule has 2 aromatic heterocycles. The van der Waals surface area contributed by atoms with Crippen molar-refractivity contribution in [3.05, 3.63) is 96.1 Å². The maximum Gasteiger partial charge on any atom is 0.231 e. The summed E-state index contributed by atoms with van der Waals surface area (Å²) in [6.07, 6.45) is 1.81. The van der Waals surface area contributed by atoms with E-state index < -0.39 is 0 Å². The van der Waals surface area contributed by atoms with Gasteiger partial charge in [-0.15, -0.1) is 0 Å². The van der Waals surface area contributed by atoms with Gasteiger partial charge in [-0.3, -0.25) is 4.98 Å². The van der Waals surface area contributed by atoms with Crippen molar-refractivity contribution in [2.24, 2.45) is 0 Å². The van der Waals surface area contributed by atoms with Gasteiger partial charge in [0.25, 0.3) is 0 Å². The van der Waals surface area contributed by atoms with Crippen molar-refractivity contribution >= 4 is 23.0 Å². The van der Waals surface area contributed by atoms with E-state index in [4.69, 9.17) is 26.4 Å². The summed E-state index contributed by atoms with van der Waals surface area (Å²) in [4.78, 5) is 6.81. The molecule has 2 aliphatic heterocycles. The Morgan fingerprint density at radius 2 is 1.77 bits per heavy atom. The summed E-state index contributed by atoms with van der Waals surface area (Å²) < 4.78 is 18.8. The lowest BCUT2D eigenvalue weighted by Gasteiger charge is -2.29. The third-order valence-corrected chi connectivity index (χ3v) is 6.79. The number of nitrogens with zero attached hydrogens (tertiary/aromatic N) is 3. The van der Waals surface area contributed by atoms with Crippen LogP contribution in [0.1, 0.15) is 29.2 Å². The highest BCUT2D eigenvalue weighted by atomic mass is 32.1. The Morgan fingerprint density at radius 1 is 0.971 bits per heavy atom. The summed E-state index contributed by atoms with van der Waals surface area (Å²) in [5, 5.41) is 4.16. The Kier molecular flexibility index (Phi) is 5.30. The van der Waals surface area contributed by atoms with Gasteiger partial charge in [0, 0.05) is 35.0 Å². The van der Waals surface area contributed by atoms with Crippen LogP contribution in [-0.2, 0) is 0 Å². The molecule has 0 aliphatic carbocycles. The van der Waals surface area contributed by atoms with Crippen molar-refractivity contribution < 1.29 is 14.2 Å². The first-order valence-corrected chi connectivity index (χ1v) is 11.8. The van der Waals surface area contributed by atoms with Crippen LogP contribution in [0.4, 0.5) is 5.69 Å². The molecular formula is C27H24N4O3S. The maximum atomic E-state index is 5.89. The molecule has 1 fully saturated rings. The van der Waals surface area contributed by atoms with Crippen LogP contribution < -0.4 is 24.4 Å². The lowest BCUT2D eigenvalue weighted by atomic mass is 10.0. The molecule has 4 heterocycles. The fourth-order valence-corrected chi connectivity index (χ4v) is 5.19. The number of aryl methyl sites for hydroxylation is 1. The van der Waals surface area contributed by atoms with Gasteiger partial charge in [-0.25, -0.2) is 0 Å². The molecule has 0 unspecified atom stereocenters. The molecule has 6 rings (SSSR count). The first-order chi connectivity index (χ1) is 17.1. The predicted molar refractivity (Wildman–Crippen MR) is 138 cm³/mol. The molecule has 0 amide bonds. The molecule has 8 heteroatoms. The largest absolute Gasteiger partial charge is 0.497 e. The van der Waals surface area contributed by atoms with E-state index in [-0.39, 0.29) is 18.9 Å². The normalized spacial score (nSPS) is 18.6. The van der Waals surface area contributed by atoms with Crippen LogP contribution in [0.2, 0.25) is 0 Å². The second-order valence-electron chi connectivity index (χ2n) is 8.47. The number of nitrogens with one attached hydrogen (secondary N) is 1. The summed E-state index contributed by atoms with van der Waals surface area (Å²) in [6, 6.07) is 24.0. The van der Waals surface area contributed by atoms with Gasteiger partial charge in [0.2, 0.25) is 6.79 Å². The summed E-state index contributed by atoms with van der Waals surface area (Å²) in [5.74, 6) is 2.27. The van der Waals surface area contributed by atoms with E-state index in [1.807, 2.05) is 54.7 Å². The van der Waals surface area contributed by atoms with Crippen LogP contribution in [0, 0.1) is 6.92 Å². The highest BCUT2D eigenvalue weighted by molar-refractivity contribution is 7.80. The van der Waals surface area contributed by atoms with Crippen LogP contribution >= 0.6 is 12.2 Å². The van der Waals surface area contributed by atoms with Crippen molar-refractivity contribution in [1.82, 2.24) is 14.9 Å². The number of methoxy groups -OCH3 is 1. The second kappa shape index (κ2) is 8.63. The van der Waals surface area contributed by atoms with Gasteiger partial charge < -0.3 is 29.0 Å². The topological polar surface area (TPSA) is 60.8 Å². The van der Waals surface area contributed by atoms with Gasteiger partial charge in [0.15, 0.2) is 16.6 Å². The van der Waals surface area contributed by atoms with E-state index in [1.54, 1.807) is 7.11 Å². The van der Waals surface area contributed by atoms with Gasteiger partial charge in [-0.1, -0.05) is 6.07 Å². The lowest BCUT2D eigenvalue weighted by Crippen LogP contribution is -2.30. The number of fused-ring (bicyclic) bond motifs is 1. The van der Waals surface area contributed by atoms with Crippen LogP contribution in [0.25, 0.3) is 5.69 Å². The first-order valence-electron chi connectivity index (χ1n) is 11.4. The monoisotopic (exact) mass is 484 g/mol. The van der Waals surface area contributed by atoms with Crippen molar-refractivity contribution in [3.8, 4) is 22.9 Å². The van der Waals surface area contributed by atoms with Crippen molar-refractivity contribution in [1.29, 1.82) is 0 Å². The van der Waals surface area contributed by atoms with Gasteiger partial charge in [0.05, 0.1) is 18.8 Å². The number of aromatic nitrogens is 2. The van der Waals surface area contributed by atoms with E-state index in [9.17, 15) is 0 Å². The molecule has 0 bridgehead atoms. The van der Waals surface area contributed by atoms with Gasteiger partial charge in [-0.05, 0) is 79.8 Å². The molecule has 0 spiro atoms. The van der Waals surface area contributed by atoms with Gasteiger partial charge in [0.1, 0.15) is 11.8 Å². The fourth-order valence-electron chi connectivity index (χ4n) is 4.84. The number of anilines is 1. The third kappa shape index (κ3) is 3.66. The molecule has 1 N–H and O–H groups in total. The molecular weight excluding hydrogens is 460 g/mol. The number of pyridine rings is 1. The molecule has 4 aromatic rings. The van der Waals surface area contributed by atoms with Crippen molar-refractivity contribution in [2.75, 3.05) is 18.8 Å². The van der Waals surface area contributed by atoms with E-state index in [0.29, 0.717) is 10.9 Å². The number of hydrogen-bond donors (Lipinski definition) is 1. The highest BCUT2D eigenvalue weighted by Gasteiger charge is 2.42. The summed E-state index contributed by atoms with van der Waals surface area (Å²) in [5.41, 5.74) is 5.10. The van der Waals surface area contributed by atoms with E-state index in [0.717, 1.165) is 40.0 Å². The third-order valence-electron chi connectivity index (χ3n) is 6.47. The highest BCUT2D eigenvalue weighted by Crippen LogP contribution is 2.45. The summed E-state index contributed by atoms with van der Waals surface area (Å²) in [7, 11) is 1.67. The minimum atomic E-state index is -0.159. The van der Waals surface area contributed by atoms with Crippen LogP contribution in [0.15, 0.2) is 79.0 Å². The van der Waals surface area contributed by atoms with Crippen LogP contribution in [-0.4, -0.2) is 28.6 Å². The zero-order valence-electron chi connectivity index (χ0n) is 19.3. The van der Waals surface area contributed by atoms with Crippen LogP contribution in [0.5, 0.6) is 17.2 Å². The molecule has 2 aromatic carbocycles. The summed E-state index contributed by atoms with van der Waals surface area (Å²) >= 11 is 5.89. The molecule has 176 valence electrons. The Morgan fingerprint density at radius 3 is 2.54 bits per heavy atom. The van der Waals surface area contributed by atoms with Gasteiger partial charge >= 0.3 is 0 Å². The van der Waals surface area contributed by atoms with Gasteiger partial charge in [-0.2, -0.15) is 0 Å². The molecule has 35 heavy (non-hydrogen) atoms. The zero-order chi connectivity index (χ0) is 23.9. The Balaban J connectivity index is 1.51. The number of thiocarbonyl (C=S) groups is 1. The molecule has 2 aliphatic rings. The standard InChI is InChI=1S/C27H24N4O3S/c1-17-6-12-22(30(17)18-7-10-20(32-2)11-8-18)26-25(21-5-3-4-14-28-21)29-27(35)31(26)19-9-13-23-24(15-19)34-16-33-23/h3-15,25-26H,16H2,1-2H3,(H,29,35)/t25-,26-/m1/s1. The zero-order valence-corrected chi connectivity index (χ0v) is 20.2. The minimum absolute atomic E-state index is 0.152. The lowest BCUT2D eigenvalue weighted by molar-refractivity contribution is 0.174. The quantitative estimate of drug-likeness (QED) is 0.396. The maximum absolute atomic E-state index is 5.89. The fraction of sp³-hybridized carbons (Fsp3) is 0.185. The van der Waals surface area contributed by atoms with E-state index in [1.165, 1.54) is 0 Å². The Bertz CT molecular complexity index is 1390. The number of benzene rings is 2. The second-order valence-corrected chi connectivity index (χ2v) is 8.85.